The molecule has 278 valence electrons. The molecule has 0 heterocycles. The van der Waals surface area contributed by atoms with Crippen LogP contribution in [-0.2, 0) is 0 Å². The van der Waals surface area contributed by atoms with E-state index in [-0.39, 0.29) is 59.6 Å². The van der Waals surface area contributed by atoms with Gasteiger partial charge in [-0.2, -0.15) is 0 Å². The lowest BCUT2D eigenvalue weighted by Gasteiger charge is -2.17. The molecule has 0 aromatic heterocycles. The van der Waals surface area contributed by atoms with Gasteiger partial charge < -0.3 is 40.9 Å². The number of hydrogen-bond donors (Lipinski definition) is 8. The van der Waals surface area contributed by atoms with E-state index in [2.05, 4.69) is 0 Å². The summed E-state index contributed by atoms with van der Waals surface area (Å²) in [4.78, 5) is 49.7. The third kappa shape index (κ3) is 3.91. The predicted molar refractivity (Wildman–Crippen MR) is 222 cm³/mol. The van der Waals surface area contributed by atoms with Gasteiger partial charge in [0, 0.05) is 10.8 Å². The van der Waals surface area contributed by atoms with Crippen molar-refractivity contribution < 1.29 is 40.9 Å². The first-order valence-electron chi connectivity index (χ1n) is 17.7. The van der Waals surface area contributed by atoms with E-state index >= 15 is 0 Å². The maximum atomic E-state index is 12.7. The summed E-state index contributed by atoms with van der Waals surface area (Å²) in [6.07, 6.45) is 0. The van der Waals surface area contributed by atoms with Crippen LogP contribution in [0.15, 0.2) is 104 Å². The molecule has 11 aromatic rings. The molecule has 0 spiro atoms. The summed E-state index contributed by atoms with van der Waals surface area (Å²) in [6, 6.07) is 23.6. The highest BCUT2D eigenvalue weighted by Gasteiger charge is 2.26. The standard InChI is InChI=1S/C46H22O12/c47-35-25-13-16-4-2-1-3-15(16)5-17(25)6-18-7-19-8-20-9-21-10-22-11-23-12-24-14-26-34(44(56)46(58)45(57)36(26)48)43(55)33(24)42(54)32(23)41(53)31(22)40(52)30(21)39(51)29(20)38(50)28(19)37(49)27(18)35/h1-14,47,49-55H. The van der Waals surface area contributed by atoms with Crippen molar-refractivity contribution >= 4 is 108 Å². The third-order valence-electron chi connectivity index (χ3n) is 11.6. The second kappa shape index (κ2) is 10.7. The molecular formula is C46H22O12. The SMILES string of the molecule is O=c1c(=O)c(=O)c2c(O)c3c(O)c4c(O)c5c(O)c6c(O)c7c(O)c8c(O)c9c(O)c%10cc%11ccccc%11cc%10cc9cc8cc7cc6cc5cc4cc3cc2c1=O. The molecule has 0 aliphatic heterocycles. The fourth-order valence-corrected chi connectivity index (χ4v) is 8.97. The Labute approximate surface area is 319 Å². The van der Waals surface area contributed by atoms with Crippen molar-refractivity contribution in [2.45, 2.75) is 0 Å². The fourth-order valence-electron chi connectivity index (χ4n) is 8.97. The van der Waals surface area contributed by atoms with Gasteiger partial charge in [0.25, 0.3) is 10.9 Å². The average molecular weight is 767 g/mol. The van der Waals surface area contributed by atoms with Crippen LogP contribution in [0.1, 0.15) is 0 Å². The first kappa shape index (κ1) is 33.0. The maximum Gasteiger partial charge on any atom is 0.277 e. The van der Waals surface area contributed by atoms with E-state index in [9.17, 15) is 60.0 Å². The minimum atomic E-state index is -1.64. The highest BCUT2D eigenvalue weighted by molar-refractivity contribution is 6.26. The number of aromatic hydroxyl groups is 8. The summed E-state index contributed by atoms with van der Waals surface area (Å²) in [5.41, 5.74) is -5.95. The van der Waals surface area contributed by atoms with Gasteiger partial charge >= 0.3 is 0 Å². The Morgan fingerprint density at radius 1 is 0.241 bits per heavy atom. The molecular weight excluding hydrogens is 744 g/mol. The minimum absolute atomic E-state index is 0.00949. The summed E-state index contributed by atoms with van der Waals surface area (Å²) in [5.74, 6) is -4.94. The summed E-state index contributed by atoms with van der Waals surface area (Å²) >= 11 is 0. The van der Waals surface area contributed by atoms with E-state index in [0.29, 0.717) is 21.5 Å². The molecule has 0 amide bonds. The number of hydrogen-bond acceptors (Lipinski definition) is 12. The summed E-state index contributed by atoms with van der Waals surface area (Å²) in [6.45, 7) is 0. The monoisotopic (exact) mass is 766 g/mol. The molecule has 12 heteroatoms. The summed E-state index contributed by atoms with van der Waals surface area (Å²) < 4.78 is 0. The van der Waals surface area contributed by atoms with Crippen LogP contribution >= 0.6 is 0 Å². The topological polar surface area (TPSA) is 230 Å². The quantitative estimate of drug-likeness (QED) is 0.0567. The van der Waals surface area contributed by atoms with Crippen molar-refractivity contribution in [1.82, 2.24) is 0 Å². The fraction of sp³-hybridized carbons (Fsp3) is 0. The molecule has 11 rings (SSSR count). The molecule has 0 saturated heterocycles. The van der Waals surface area contributed by atoms with E-state index in [1.165, 1.54) is 18.2 Å². The molecule has 0 aliphatic rings. The largest absolute Gasteiger partial charge is 0.507 e. The van der Waals surface area contributed by atoms with Crippen LogP contribution in [0.3, 0.4) is 0 Å². The Morgan fingerprint density at radius 2 is 0.517 bits per heavy atom. The zero-order valence-corrected chi connectivity index (χ0v) is 29.3. The lowest BCUT2D eigenvalue weighted by molar-refractivity contribution is 0.456. The average Bonchev–Trinajstić information content (AvgIpc) is 3.17. The van der Waals surface area contributed by atoms with Gasteiger partial charge in [0.15, 0.2) is 0 Å². The minimum Gasteiger partial charge on any atom is -0.507 e. The van der Waals surface area contributed by atoms with Gasteiger partial charge in [-0.15, -0.1) is 0 Å². The van der Waals surface area contributed by atoms with Gasteiger partial charge in [-0.1, -0.05) is 24.3 Å². The van der Waals surface area contributed by atoms with Crippen molar-refractivity contribution in [3.63, 3.8) is 0 Å². The van der Waals surface area contributed by atoms with Gasteiger partial charge in [-0.05, 0) is 115 Å². The highest BCUT2D eigenvalue weighted by atomic mass is 16.3. The lowest BCUT2D eigenvalue weighted by atomic mass is 9.90. The Kier molecular flexibility index (Phi) is 6.07. The third-order valence-corrected chi connectivity index (χ3v) is 11.6. The number of benzene rings is 11. The molecule has 12 nitrogen and oxygen atoms in total. The molecule has 0 aliphatic carbocycles. The van der Waals surface area contributed by atoms with E-state index < -0.39 is 78.1 Å². The Balaban J connectivity index is 1.21. The Bertz CT molecular complexity index is 4090. The second-order valence-corrected chi connectivity index (χ2v) is 14.6. The summed E-state index contributed by atoms with van der Waals surface area (Å²) in [5, 5.41) is 95.0. The second-order valence-electron chi connectivity index (χ2n) is 14.6. The van der Waals surface area contributed by atoms with Crippen molar-refractivity contribution in [3.05, 3.63) is 126 Å². The molecule has 0 bridgehead atoms. The van der Waals surface area contributed by atoms with Gasteiger partial charge in [-0.3, -0.25) is 19.2 Å². The van der Waals surface area contributed by atoms with Gasteiger partial charge in [-0.25, -0.2) is 0 Å². The van der Waals surface area contributed by atoms with Gasteiger partial charge in [0.1, 0.15) is 46.0 Å². The normalized spacial score (nSPS) is 12.3. The number of fused-ring (bicyclic) bond motifs is 10. The van der Waals surface area contributed by atoms with Crippen molar-refractivity contribution in [2.24, 2.45) is 0 Å². The van der Waals surface area contributed by atoms with Crippen LogP contribution < -0.4 is 21.7 Å². The zero-order valence-electron chi connectivity index (χ0n) is 29.3. The molecule has 0 saturated carbocycles. The van der Waals surface area contributed by atoms with Crippen LogP contribution in [0.5, 0.6) is 46.0 Å². The number of phenols is 8. The number of rotatable bonds is 0. The Hall–Kier alpha value is -8.38. The van der Waals surface area contributed by atoms with Crippen molar-refractivity contribution in [2.75, 3.05) is 0 Å². The number of phenolic OH excluding ortho intramolecular Hbond substituents is 8. The van der Waals surface area contributed by atoms with E-state index in [1.54, 1.807) is 24.3 Å². The van der Waals surface area contributed by atoms with Crippen LogP contribution in [0.2, 0.25) is 0 Å². The van der Waals surface area contributed by atoms with E-state index in [4.69, 9.17) is 0 Å². The van der Waals surface area contributed by atoms with E-state index in [1.807, 2.05) is 36.4 Å². The molecule has 0 unspecified atom stereocenters. The summed E-state index contributed by atoms with van der Waals surface area (Å²) in [7, 11) is 0. The smallest absolute Gasteiger partial charge is 0.277 e. The van der Waals surface area contributed by atoms with Crippen LogP contribution in [0, 0.1) is 0 Å². The van der Waals surface area contributed by atoms with Crippen molar-refractivity contribution in [3.8, 4) is 46.0 Å². The van der Waals surface area contributed by atoms with Crippen LogP contribution in [0.25, 0.3) is 108 Å². The van der Waals surface area contributed by atoms with Crippen molar-refractivity contribution in [1.29, 1.82) is 0 Å². The van der Waals surface area contributed by atoms with E-state index in [0.717, 1.165) is 22.2 Å². The molecule has 0 fully saturated rings. The zero-order chi connectivity index (χ0) is 40.4. The van der Waals surface area contributed by atoms with Crippen LogP contribution in [-0.4, -0.2) is 40.9 Å². The molecule has 58 heavy (non-hydrogen) atoms. The Morgan fingerprint density at radius 3 is 0.931 bits per heavy atom. The van der Waals surface area contributed by atoms with Gasteiger partial charge in [0.2, 0.25) is 10.9 Å². The molecule has 0 radical (unpaired) electrons. The first-order chi connectivity index (χ1) is 27.7. The van der Waals surface area contributed by atoms with Crippen LogP contribution in [0.4, 0.5) is 0 Å². The van der Waals surface area contributed by atoms with Gasteiger partial charge in [0.05, 0.1) is 43.1 Å². The highest BCUT2D eigenvalue weighted by Crippen LogP contribution is 2.54. The molecule has 0 atom stereocenters. The predicted octanol–water partition coefficient (Wildman–Crippen LogP) is 7.18. The first-order valence-corrected chi connectivity index (χ1v) is 17.7. The molecule has 11 aromatic carbocycles. The molecule has 8 N–H and O–H groups in total. The lowest BCUT2D eigenvalue weighted by Crippen LogP contribution is -2.46. The maximum absolute atomic E-state index is 12.7.